The topological polar surface area (TPSA) is 29.3 Å². The molecular formula is C18H27BrN2. The number of rotatable bonds is 3. The second-order valence-corrected chi connectivity index (χ2v) is 7.77. The van der Waals surface area contributed by atoms with Gasteiger partial charge >= 0.3 is 0 Å². The Hall–Kier alpha value is -0.540. The van der Waals surface area contributed by atoms with Gasteiger partial charge in [0.2, 0.25) is 0 Å². The fraction of sp³-hybridized carbons (Fsp3) is 0.667. The van der Waals surface area contributed by atoms with Gasteiger partial charge in [0.15, 0.2) is 0 Å². The number of hydrogen-bond acceptors (Lipinski definition) is 2. The van der Waals surface area contributed by atoms with Crippen LogP contribution < -0.4 is 10.6 Å². The Morgan fingerprint density at radius 3 is 2.76 bits per heavy atom. The van der Waals surface area contributed by atoms with Crippen LogP contribution in [0.2, 0.25) is 0 Å². The van der Waals surface area contributed by atoms with Crippen molar-refractivity contribution in [1.82, 2.24) is 0 Å². The summed E-state index contributed by atoms with van der Waals surface area (Å²) in [5.74, 6) is 0.920. The molecule has 0 amide bonds. The zero-order valence-electron chi connectivity index (χ0n) is 13.0. The SMILES string of the molecule is CC(N)Cc1ccc(N2CCC[C@H]3CCCC[C@H]32)c(Br)c1. The maximum atomic E-state index is 5.92. The van der Waals surface area contributed by atoms with Gasteiger partial charge in [-0.05, 0) is 78.6 Å². The van der Waals surface area contributed by atoms with E-state index in [1.807, 2.05) is 0 Å². The molecule has 0 bridgehead atoms. The summed E-state index contributed by atoms with van der Waals surface area (Å²) in [6, 6.07) is 7.82. The normalized spacial score (nSPS) is 27.3. The highest BCUT2D eigenvalue weighted by molar-refractivity contribution is 9.10. The number of benzene rings is 1. The quantitative estimate of drug-likeness (QED) is 0.869. The van der Waals surface area contributed by atoms with Gasteiger partial charge in [-0.1, -0.05) is 18.9 Å². The molecule has 2 nitrogen and oxygen atoms in total. The van der Waals surface area contributed by atoms with Crippen LogP contribution in [0.15, 0.2) is 22.7 Å². The number of halogens is 1. The third-order valence-electron chi connectivity index (χ3n) is 5.12. The summed E-state index contributed by atoms with van der Waals surface area (Å²) in [6.45, 7) is 3.28. The third kappa shape index (κ3) is 3.45. The van der Waals surface area contributed by atoms with Crippen molar-refractivity contribution in [3.8, 4) is 0 Å². The molecule has 0 spiro atoms. The van der Waals surface area contributed by atoms with Crippen LogP contribution in [0.3, 0.4) is 0 Å². The second kappa shape index (κ2) is 6.70. The van der Waals surface area contributed by atoms with E-state index in [0.29, 0.717) is 0 Å². The Balaban J connectivity index is 1.81. The molecule has 1 aliphatic heterocycles. The average molecular weight is 351 g/mol. The van der Waals surface area contributed by atoms with Crippen LogP contribution in [0.4, 0.5) is 5.69 Å². The minimum Gasteiger partial charge on any atom is -0.367 e. The molecule has 1 aromatic carbocycles. The summed E-state index contributed by atoms with van der Waals surface area (Å²) in [7, 11) is 0. The third-order valence-corrected chi connectivity index (χ3v) is 5.76. The van der Waals surface area contributed by atoms with Crippen LogP contribution in [0.1, 0.15) is 51.0 Å². The van der Waals surface area contributed by atoms with Crippen LogP contribution in [0.25, 0.3) is 0 Å². The number of nitrogens with two attached hydrogens (primary N) is 1. The van der Waals surface area contributed by atoms with Crippen molar-refractivity contribution in [2.24, 2.45) is 11.7 Å². The summed E-state index contributed by atoms with van der Waals surface area (Å²) in [6.07, 6.45) is 9.36. The van der Waals surface area contributed by atoms with E-state index >= 15 is 0 Å². The van der Waals surface area contributed by atoms with E-state index in [1.54, 1.807) is 0 Å². The summed E-state index contributed by atoms with van der Waals surface area (Å²) >= 11 is 3.81. The van der Waals surface area contributed by atoms with Crippen LogP contribution in [0.5, 0.6) is 0 Å². The number of anilines is 1. The van der Waals surface area contributed by atoms with Crippen molar-refractivity contribution in [1.29, 1.82) is 0 Å². The fourth-order valence-corrected chi connectivity index (χ4v) is 4.86. The van der Waals surface area contributed by atoms with Crippen molar-refractivity contribution < 1.29 is 0 Å². The average Bonchev–Trinajstić information content (AvgIpc) is 2.46. The van der Waals surface area contributed by atoms with E-state index < -0.39 is 0 Å². The fourth-order valence-electron chi connectivity index (χ4n) is 4.21. The minimum absolute atomic E-state index is 0.223. The number of fused-ring (bicyclic) bond motifs is 1. The highest BCUT2D eigenvalue weighted by Crippen LogP contribution is 2.40. The zero-order chi connectivity index (χ0) is 14.8. The van der Waals surface area contributed by atoms with Gasteiger partial charge in [-0.15, -0.1) is 0 Å². The molecule has 0 aromatic heterocycles. The second-order valence-electron chi connectivity index (χ2n) is 6.91. The first kappa shape index (κ1) is 15.4. The number of piperidine rings is 1. The van der Waals surface area contributed by atoms with Crippen LogP contribution >= 0.6 is 15.9 Å². The van der Waals surface area contributed by atoms with Crippen LogP contribution in [-0.2, 0) is 6.42 Å². The highest BCUT2D eigenvalue weighted by atomic mass is 79.9. The molecule has 1 aromatic rings. The predicted molar refractivity (Wildman–Crippen MR) is 93.8 cm³/mol. The molecule has 3 heteroatoms. The van der Waals surface area contributed by atoms with Gasteiger partial charge < -0.3 is 10.6 Å². The van der Waals surface area contributed by atoms with E-state index in [-0.39, 0.29) is 6.04 Å². The van der Waals surface area contributed by atoms with Crippen molar-refractivity contribution in [3.63, 3.8) is 0 Å². The largest absolute Gasteiger partial charge is 0.367 e. The smallest absolute Gasteiger partial charge is 0.0513 e. The van der Waals surface area contributed by atoms with Crippen molar-refractivity contribution in [2.45, 2.75) is 64.0 Å². The lowest BCUT2D eigenvalue weighted by Gasteiger charge is -2.45. The van der Waals surface area contributed by atoms with E-state index in [1.165, 1.54) is 60.8 Å². The van der Waals surface area contributed by atoms with Crippen molar-refractivity contribution >= 4 is 21.6 Å². The van der Waals surface area contributed by atoms with Gasteiger partial charge in [0.25, 0.3) is 0 Å². The lowest BCUT2D eigenvalue weighted by Crippen LogP contribution is -2.47. The Morgan fingerprint density at radius 2 is 2.00 bits per heavy atom. The summed E-state index contributed by atoms with van der Waals surface area (Å²) in [5, 5.41) is 0. The van der Waals surface area contributed by atoms with Crippen LogP contribution in [-0.4, -0.2) is 18.6 Å². The molecule has 1 heterocycles. The Morgan fingerprint density at radius 1 is 1.24 bits per heavy atom. The first-order chi connectivity index (χ1) is 10.1. The molecule has 1 unspecified atom stereocenters. The lowest BCUT2D eigenvalue weighted by molar-refractivity contribution is 0.243. The summed E-state index contributed by atoms with van der Waals surface area (Å²) in [5.41, 5.74) is 8.64. The zero-order valence-corrected chi connectivity index (χ0v) is 14.6. The molecule has 116 valence electrons. The lowest BCUT2D eigenvalue weighted by atomic mass is 9.78. The first-order valence-electron chi connectivity index (χ1n) is 8.46. The molecule has 1 saturated heterocycles. The Labute approximate surface area is 137 Å². The van der Waals surface area contributed by atoms with Gasteiger partial charge in [-0.25, -0.2) is 0 Å². The molecule has 3 rings (SSSR count). The number of nitrogens with zero attached hydrogens (tertiary/aromatic N) is 1. The van der Waals surface area contributed by atoms with Gasteiger partial charge in [0.1, 0.15) is 0 Å². The first-order valence-corrected chi connectivity index (χ1v) is 9.25. The monoisotopic (exact) mass is 350 g/mol. The molecular weight excluding hydrogens is 324 g/mol. The van der Waals surface area contributed by atoms with Crippen molar-refractivity contribution in [3.05, 3.63) is 28.2 Å². The van der Waals surface area contributed by atoms with Crippen molar-refractivity contribution in [2.75, 3.05) is 11.4 Å². The minimum atomic E-state index is 0.223. The van der Waals surface area contributed by atoms with E-state index in [2.05, 4.69) is 46.0 Å². The van der Waals surface area contributed by atoms with Gasteiger partial charge in [0.05, 0.1) is 5.69 Å². The highest BCUT2D eigenvalue weighted by Gasteiger charge is 2.33. The van der Waals surface area contributed by atoms with E-state index in [9.17, 15) is 0 Å². The molecule has 3 atom stereocenters. The molecule has 2 N–H and O–H groups in total. The summed E-state index contributed by atoms with van der Waals surface area (Å²) < 4.78 is 1.24. The molecule has 1 saturated carbocycles. The van der Waals surface area contributed by atoms with E-state index in [0.717, 1.165) is 18.4 Å². The maximum Gasteiger partial charge on any atom is 0.0513 e. The maximum absolute atomic E-state index is 5.92. The Bertz CT molecular complexity index is 484. The molecule has 2 fully saturated rings. The molecule has 21 heavy (non-hydrogen) atoms. The van der Waals surface area contributed by atoms with Gasteiger partial charge in [-0.3, -0.25) is 0 Å². The van der Waals surface area contributed by atoms with Crippen LogP contribution in [0, 0.1) is 5.92 Å². The Kier molecular flexibility index (Phi) is 4.90. The van der Waals surface area contributed by atoms with Gasteiger partial charge in [-0.2, -0.15) is 0 Å². The number of hydrogen-bond donors (Lipinski definition) is 1. The predicted octanol–water partition coefficient (Wildman–Crippen LogP) is 4.50. The summed E-state index contributed by atoms with van der Waals surface area (Å²) in [4.78, 5) is 2.67. The molecule has 0 radical (unpaired) electrons. The van der Waals surface area contributed by atoms with E-state index in [4.69, 9.17) is 5.73 Å². The standard InChI is InChI=1S/C18H27BrN2/c1-13(20)11-14-8-9-18(16(19)12-14)21-10-4-6-15-5-2-3-7-17(15)21/h8-9,12-13,15,17H,2-7,10-11,20H2,1H3/t13?,15-,17-/m1/s1. The van der Waals surface area contributed by atoms with Gasteiger partial charge in [0, 0.05) is 23.1 Å². The molecule has 2 aliphatic rings. The molecule has 1 aliphatic carbocycles.